The molecule has 0 radical (unpaired) electrons. The fourth-order valence-electron chi connectivity index (χ4n) is 1.48. The Hall–Kier alpha value is -2.14. The van der Waals surface area contributed by atoms with E-state index in [1.54, 1.807) is 18.2 Å². The van der Waals surface area contributed by atoms with Gasteiger partial charge in [-0.25, -0.2) is 4.98 Å². The Balaban J connectivity index is 2.32. The molecule has 5 nitrogen and oxygen atoms in total. The molecule has 0 aliphatic carbocycles. The van der Waals surface area contributed by atoms with E-state index in [9.17, 15) is 9.59 Å². The predicted molar refractivity (Wildman–Crippen MR) is 66.7 cm³/mol. The highest BCUT2D eigenvalue weighted by Crippen LogP contribution is 2.21. The molecular weight excluding hydrogens is 256 g/mol. The minimum atomic E-state index is -1.11. The van der Waals surface area contributed by atoms with Gasteiger partial charge in [0.15, 0.2) is 0 Å². The second kappa shape index (κ2) is 5.01. The standard InChI is InChI=1S/C12H9ClN2O3/c13-8-3-1-2-7-4-5-9(15-11(7)8)12(18)14-6-10(16)17/h1-5H,6H2,(H,14,18)(H,16,17). The van der Waals surface area contributed by atoms with Gasteiger partial charge in [-0.3, -0.25) is 9.59 Å². The van der Waals surface area contributed by atoms with E-state index in [1.807, 2.05) is 6.07 Å². The van der Waals surface area contributed by atoms with Crippen molar-refractivity contribution in [2.24, 2.45) is 0 Å². The van der Waals surface area contributed by atoms with Gasteiger partial charge in [0, 0.05) is 5.39 Å². The maximum atomic E-state index is 11.6. The summed E-state index contributed by atoms with van der Waals surface area (Å²) in [7, 11) is 0. The number of benzene rings is 1. The first-order chi connectivity index (χ1) is 8.58. The Bertz CT molecular complexity index is 628. The van der Waals surface area contributed by atoms with Gasteiger partial charge in [-0.1, -0.05) is 29.8 Å². The fourth-order valence-corrected chi connectivity index (χ4v) is 1.71. The van der Waals surface area contributed by atoms with E-state index >= 15 is 0 Å². The smallest absolute Gasteiger partial charge is 0.322 e. The number of hydrogen-bond donors (Lipinski definition) is 2. The van der Waals surface area contributed by atoms with Crippen molar-refractivity contribution in [3.05, 3.63) is 41.0 Å². The van der Waals surface area contributed by atoms with Crippen molar-refractivity contribution in [3.8, 4) is 0 Å². The number of nitrogens with one attached hydrogen (secondary N) is 1. The number of amides is 1. The van der Waals surface area contributed by atoms with Crippen LogP contribution in [0.3, 0.4) is 0 Å². The summed E-state index contributed by atoms with van der Waals surface area (Å²) in [6.07, 6.45) is 0. The number of carbonyl (C=O) groups is 2. The van der Waals surface area contributed by atoms with Crippen molar-refractivity contribution in [1.82, 2.24) is 10.3 Å². The summed E-state index contributed by atoms with van der Waals surface area (Å²) >= 11 is 5.97. The molecule has 2 rings (SSSR count). The Morgan fingerprint density at radius 3 is 2.78 bits per heavy atom. The highest BCUT2D eigenvalue weighted by molar-refractivity contribution is 6.35. The van der Waals surface area contributed by atoms with Gasteiger partial charge in [0.2, 0.25) is 0 Å². The monoisotopic (exact) mass is 264 g/mol. The number of hydrogen-bond acceptors (Lipinski definition) is 3. The summed E-state index contributed by atoms with van der Waals surface area (Å²) in [6, 6.07) is 8.53. The number of carbonyl (C=O) groups excluding carboxylic acids is 1. The lowest BCUT2D eigenvalue weighted by atomic mass is 10.2. The van der Waals surface area contributed by atoms with Gasteiger partial charge >= 0.3 is 5.97 Å². The molecule has 0 fully saturated rings. The molecule has 0 atom stereocenters. The fraction of sp³-hybridized carbons (Fsp3) is 0.0833. The van der Waals surface area contributed by atoms with Crippen molar-refractivity contribution in [1.29, 1.82) is 0 Å². The quantitative estimate of drug-likeness (QED) is 0.884. The largest absolute Gasteiger partial charge is 0.480 e. The van der Waals surface area contributed by atoms with E-state index in [2.05, 4.69) is 10.3 Å². The van der Waals surface area contributed by atoms with Crippen molar-refractivity contribution in [2.45, 2.75) is 0 Å². The summed E-state index contributed by atoms with van der Waals surface area (Å²) in [4.78, 5) is 26.1. The molecule has 92 valence electrons. The van der Waals surface area contributed by atoms with Gasteiger partial charge in [-0.05, 0) is 12.1 Å². The van der Waals surface area contributed by atoms with Crippen molar-refractivity contribution < 1.29 is 14.7 Å². The predicted octanol–water partition coefficient (Wildman–Crippen LogP) is 1.70. The molecule has 0 saturated carbocycles. The molecule has 2 aromatic rings. The summed E-state index contributed by atoms with van der Waals surface area (Å²) in [5.41, 5.74) is 0.652. The number of nitrogens with zero attached hydrogens (tertiary/aromatic N) is 1. The Morgan fingerprint density at radius 1 is 1.28 bits per heavy atom. The van der Waals surface area contributed by atoms with E-state index < -0.39 is 18.4 Å². The van der Waals surface area contributed by atoms with E-state index in [0.29, 0.717) is 10.5 Å². The molecule has 0 saturated heterocycles. The molecule has 2 N–H and O–H groups in total. The zero-order chi connectivity index (χ0) is 13.1. The first-order valence-electron chi connectivity index (χ1n) is 5.13. The molecule has 1 aromatic heterocycles. The number of carboxylic acid groups (broad SMARTS) is 1. The van der Waals surface area contributed by atoms with Crippen LogP contribution in [0.2, 0.25) is 5.02 Å². The third kappa shape index (κ3) is 2.57. The molecule has 0 aliphatic heterocycles. The van der Waals surface area contributed by atoms with Gasteiger partial charge in [0.1, 0.15) is 12.2 Å². The molecule has 18 heavy (non-hydrogen) atoms. The van der Waals surface area contributed by atoms with Crippen LogP contribution in [0, 0.1) is 0 Å². The normalized spacial score (nSPS) is 10.3. The van der Waals surface area contributed by atoms with E-state index in [0.717, 1.165) is 5.39 Å². The summed E-state index contributed by atoms with van der Waals surface area (Å²) in [5, 5.41) is 12.0. The topological polar surface area (TPSA) is 79.3 Å². The minimum Gasteiger partial charge on any atom is -0.480 e. The number of pyridine rings is 1. The van der Waals surface area contributed by atoms with Crippen LogP contribution in [0.1, 0.15) is 10.5 Å². The second-order valence-electron chi connectivity index (χ2n) is 3.58. The SMILES string of the molecule is O=C(O)CNC(=O)c1ccc2cccc(Cl)c2n1. The number of aliphatic carboxylic acids is 1. The lowest BCUT2D eigenvalue weighted by molar-refractivity contribution is -0.135. The molecule has 0 aliphatic rings. The number of fused-ring (bicyclic) bond motifs is 1. The minimum absolute atomic E-state index is 0.136. The lowest BCUT2D eigenvalue weighted by Crippen LogP contribution is -2.29. The number of para-hydroxylation sites is 1. The number of halogens is 1. The molecule has 1 aromatic carbocycles. The van der Waals surface area contributed by atoms with Gasteiger partial charge in [-0.15, -0.1) is 0 Å². The van der Waals surface area contributed by atoms with Crippen LogP contribution in [0.15, 0.2) is 30.3 Å². The van der Waals surface area contributed by atoms with E-state index in [1.165, 1.54) is 6.07 Å². The van der Waals surface area contributed by atoms with Crippen LogP contribution in [0.25, 0.3) is 10.9 Å². The van der Waals surface area contributed by atoms with Crippen molar-refractivity contribution >= 4 is 34.4 Å². The molecule has 0 unspecified atom stereocenters. The molecule has 0 bridgehead atoms. The van der Waals surface area contributed by atoms with Crippen LogP contribution < -0.4 is 5.32 Å². The van der Waals surface area contributed by atoms with Crippen LogP contribution in [-0.2, 0) is 4.79 Å². The first kappa shape index (κ1) is 12.3. The van der Waals surface area contributed by atoms with Crippen LogP contribution in [0.5, 0.6) is 0 Å². The summed E-state index contributed by atoms with van der Waals surface area (Å²) in [6.45, 7) is -0.443. The Kier molecular flexibility index (Phi) is 3.43. The second-order valence-corrected chi connectivity index (χ2v) is 3.99. The first-order valence-corrected chi connectivity index (χ1v) is 5.51. The average Bonchev–Trinajstić information content (AvgIpc) is 2.36. The summed E-state index contributed by atoms with van der Waals surface area (Å²) in [5.74, 6) is -1.65. The molecule has 1 heterocycles. The maximum absolute atomic E-state index is 11.6. The van der Waals surface area contributed by atoms with Gasteiger partial charge in [0.25, 0.3) is 5.91 Å². The Morgan fingerprint density at radius 2 is 2.06 bits per heavy atom. The third-order valence-electron chi connectivity index (χ3n) is 2.30. The molecular formula is C12H9ClN2O3. The zero-order valence-electron chi connectivity index (χ0n) is 9.18. The average molecular weight is 265 g/mol. The maximum Gasteiger partial charge on any atom is 0.322 e. The molecule has 1 amide bonds. The number of aromatic nitrogens is 1. The van der Waals surface area contributed by atoms with Crippen molar-refractivity contribution in [2.75, 3.05) is 6.54 Å². The third-order valence-corrected chi connectivity index (χ3v) is 2.61. The lowest BCUT2D eigenvalue weighted by Gasteiger charge is -2.04. The van der Waals surface area contributed by atoms with Crippen molar-refractivity contribution in [3.63, 3.8) is 0 Å². The van der Waals surface area contributed by atoms with Crippen LogP contribution in [-0.4, -0.2) is 28.5 Å². The van der Waals surface area contributed by atoms with Crippen LogP contribution in [0.4, 0.5) is 0 Å². The van der Waals surface area contributed by atoms with E-state index in [-0.39, 0.29) is 5.69 Å². The molecule has 0 spiro atoms. The van der Waals surface area contributed by atoms with Gasteiger partial charge in [0.05, 0.1) is 10.5 Å². The number of carboxylic acids is 1. The molecule has 6 heteroatoms. The van der Waals surface area contributed by atoms with E-state index in [4.69, 9.17) is 16.7 Å². The van der Waals surface area contributed by atoms with Gasteiger partial charge < -0.3 is 10.4 Å². The number of rotatable bonds is 3. The van der Waals surface area contributed by atoms with Gasteiger partial charge in [-0.2, -0.15) is 0 Å². The zero-order valence-corrected chi connectivity index (χ0v) is 9.94. The Labute approximate surface area is 107 Å². The van der Waals surface area contributed by atoms with Crippen LogP contribution >= 0.6 is 11.6 Å². The summed E-state index contributed by atoms with van der Waals surface area (Å²) < 4.78 is 0. The highest BCUT2D eigenvalue weighted by atomic mass is 35.5. The highest BCUT2D eigenvalue weighted by Gasteiger charge is 2.10.